The smallest absolute Gasteiger partial charge is 0.0555 e. The fourth-order valence-electron chi connectivity index (χ4n) is 2.60. The Morgan fingerprint density at radius 3 is 2.68 bits per heavy atom. The van der Waals surface area contributed by atoms with Crippen LogP contribution < -0.4 is 16.0 Å². The molecule has 4 nitrogen and oxygen atoms in total. The zero-order valence-electron chi connectivity index (χ0n) is 11.5. The molecule has 0 aliphatic carbocycles. The first-order valence-electron chi connectivity index (χ1n) is 7.21. The molecular formula is C15H25N3O. The number of piperidine rings is 1. The van der Waals surface area contributed by atoms with Crippen LogP contribution in [0.3, 0.4) is 0 Å². The average Bonchev–Trinajstić information content (AvgIpc) is 2.45. The minimum atomic E-state index is 0.200. The van der Waals surface area contributed by atoms with Crippen molar-refractivity contribution < 1.29 is 5.11 Å². The van der Waals surface area contributed by atoms with Crippen molar-refractivity contribution in [3.05, 3.63) is 29.8 Å². The van der Waals surface area contributed by atoms with Gasteiger partial charge in [0.1, 0.15) is 0 Å². The van der Waals surface area contributed by atoms with Crippen molar-refractivity contribution >= 4 is 5.69 Å². The van der Waals surface area contributed by atoms with Gasteiger partial charge in [-0.3, -0.25) is 0 Å². The summed E-state index contributed by atoms with van der Waals surface area (Å²) in [6.45, 7) is 3.89. The Labute approximate surface area is 115 Å². The molecular weight excluding hydrogens is 238 g/mol. The Morgan fingerprint density at radius 1 is 1.21 bits per heavy atom. The lowest BCUT2D eigenvalue weighted by atomic mass is 10.0. The second kappa shape index (κ2) is 7.48. The van der Waals surface area contributed by atoms with E-state index in [0.717, 1.165) is 38.9 Å². The van der Waals surface area contributed by atoms with Gasteiger partial charge in [0.2, 0.25) is 0 Å². The molecule has 1 heterocycles. The van der Waals surface area contributed by atoms with Gasteiger partial charge >= 0.3 is 0 Å². The summed E-state index contributed by atoms with van der Waals surface area (Å²) in [5.41, 5.74) is 8.69. The van der Waals surface area contributed by atoms with E-state index in [1.807, 2.05) is 0 Å². The number of para-hydroxylation sites is 1. The second-order valence-electron chi connectivity index (χ2n) is 5.18. The van der Waals surface area contributed by atoms with E-state index in [-0.39, 0.29) is 6.61 Å². The van der Waals surface area contributed by atoms with Crippen LogP contribution in [0.1, 0.15) is 18.4 Å². The van der Waals surface area contributed by atoms with Gasteiger partial charge in [0, 0.05) is 31.4 Å². The fourth-order valence-corrected chi connectivity index (χ4v) is 2.60. The molecule has 0 unspecified atom stereocenters. The summed E-state index contributed by atoms with van der Waals surface area (Å²) in [7, 11) is 0. The first-order chi connectivity index (χ1) is 9.31. The zero-order chi connectivity index (χ0) is 13.5. The number of nitrogens with two attached hydrogens (primary N) is 1. The molecule has 0 spiro atoms. The number of aliphatic hydroxyl groups excluding tert-OH is 1. The first kappa shape index (κ1) is 14.3. The summed E-state index contributed by atoms with van der Waals surface area (Å²) >= 11 is 0. The highest BCUT2D eigenvalue weighted by molar-refractivity contribution is 5.54. The molecule has 0 aromatic heterocycles. The third kappa shape index (κ3) is 4.20. The number of hydrogen-bond donors (Lipinski definition) is 3. The fraction of sp³-hybridized carbons (Fsp3) is 0.600. The van der Waals surface area contributed by atoms with Gasteiger partial charge in [0.05, 0.1) is 6.61 Å². The Bertz CT molecular complexity index is 375. The first-order valence-corrected chi connectivity index (χ1v) is 7.21. The Balaban J connectivity index is 1.95. The number of rotatable bonds is 6. The van der Waals surface area contributed by atoms with E-state index in [4.69, 9.17) is 10.8 Å². The van der Waals surface area contributed by atoms with E-state index in [1.54, 1.807) is 0 Å². The molecule has 1 aliphatic heterocycles. The van der Waals surface area contributed by atoms with Crippen LogP contribution in [0.15, 0.2) is 24.3 Å². The van der Waals surface area contributed by atoms with Crippen molar-refractivity contribution in [2.24, 2.45) is 5.73 Å². The van der Waals surface area contributed by atoms with Crippen LogP contribution in [0.5, 0.6) is 0 Å². The molecule has 0 radical (unpaired) electrons. The minimum Gasteiger partial charge on any atom is -0.395 e. The molecule has 0 saturated carbocycles. The third-order valence-electron chi connectivity index (χ3n) is 3.73. The van der Waals surface area contributed by atoms with Gasteiger partial charge in [-0.2, -0.15) is 0 Å². The van der Waals surface area contributed by atoms with Crippen molar-refractivity contribution in [2.75, 3.05) is 37.7 Å². The van der Waals surface area contributed by atoms with Crippen LogP contribution in [0.4, 0.5) is 5.69 Å². The lowest BCUT2D eigenvalue weighted by molar-refractivity contribution is 0.293. The molecule has 0 atom stereocenters. The van der Waals surface area contributed by atoms with E-state index in [0.29, 0.717) is 12.6 Å². The van der Waals surface area contributed by atoms with Gasteiger partial charge in [0.25, 0.3) is 0 Å². The average molecular weight is 263 g/mol. The topological polar surface area (TPSA) is 61.5 Å². The van der Waals surface area contributed by atoms with E-state index in [1.165, 1.54) is 11.3 Å². The second-order valence-corrected chi connectivity index (χ2v) is 5.18. The molecule has 106 valence electrons. The Kier molecular flexibility index (Phi) is 5.63. The molecule has 1 aromatic carbocycles. The molecule has 4 heteroatoms. The maximum atomic E-state index is 8.76. The normalized spacial score (nSPS) is 16.8. The van der Waals surface area contributed by atoms with E-state index >= 15 is 0 Å². The van der Waals surface area contributed by atoms with Gasteiger partial charge < -0.3 is 21.1 Å². The molecule has 0 amide bonds. The SMILES string of the molecule is NC1CCN(c2ccccc2CCNCCO)CC1. The van der Waals surface area contributed by atoms with Crippen molar-refractivity contribution in [1.82, 2.24) is 5.32 Å². The number of nitrogens with zero attached hydrogens (tertiary/aromatic N) is 1. The number of hydrogen-bond acceptors (Lipinski definition) is 4. The minimum absolute atomic E-state index is 0.200. The molecule has 1 saturated heterocycles. The van der Waals surface area contributed by atoms with E-state index in [2.05, 4.69) is 34.5 Å². The van der Waals surface area contributed by atoms with Crippen molar-refractivity contribution in [1.29, 1.82) is 0 Å². The lowest BCUT2D eigenvalue weighted by Gasteiger charge is -2.33. The Morgan fingerprint density at radius 2 is 1.95 bits per heavy atom. The summed E-state index contributed by atoms with van der Waals surface area (Å²) < 4.78 is 0. The largest absolute Gasteiger partial charge is 0.395 e. The summed E-state index contributed by atoms with van der Waals surface area (Å²) in [5.74, 6) is 0. The van der Waals surface area contributed by atoms with Gasteiger partial charge in [-0.15, -0.1) is 0 Å². The maximum Gasteiger partial charge on any atom is 0.0555 e. The quantitative estimate of drug-likeness (QED) is 0.663. The monoisotopic (exact) mass is 263 g/mol. The van der Waals surface area contributed by atoms with E-state index in [9.17, 15) is 0 Å². The molecule has 1 fully saturated rings. The highest BCUT2D eigenvalue weighted by Gasteiger charge is 2.17. The number of benzene rings is 1. The van der Waals surface area contributed by atoms with Gasteiger partial charge in [0.15, 0.2) is 0 Å². The zero-order valence-corrected chi connectivity index (χ0v) is 11.5. The highest BCUT2D eigenvalue weighted by Crippen LogP contribution is 2.24. The number of nitrogens with one attached hydrogen (secondary N) is 1. The predicted octanol–water partition coefficient (Wildman–Crippen LogP) is 0.738. The summed E-state index contributed by atoms with van der Waals surface area (Å²) in [6, 6.07) is 8.98. The Hall–Kier alpha value is -1.10. The number of anilines is 1. The molecule has 2 rings (SSSR count). The summed E-state index contributed by atoms with van der Waals surface area (Å²) in [5, 5.41) is 12.0. The van der Waals surface area contributed by atoms with Crippen LogP contribution in [0.2, 0.25) is 0 Å². The van der Waals surface area contributed by atoms with Gasteiger partial charge in [-0.25, -0.2) is 0 Å². The third-order valence-corrected chi connectivity index (χ3v) is 3.73. The molecule has 1 aromatic rings. The predicted molar refractivity (Wildman–Crippen MR) is 79.5 cm³/mol. The molecule has 4 N–H and O–H groups in total. The van der Waals surface area contributed by atoms with Gasteiger partial charge in [-0.1, -0.05) is 18.2 Å². The van der Waals surface area contributed by atoms with Crippen molar-refractivity contribution in [3.8, 4) is 0 Å². The summed E-state index contributed by atoms with van der Waals surface area (Å²) in [6.07, 6.45) is 3.16. The standard InChI is InChI=1S/C15H25N3O/c16-14-6-10-18(11-7-14)15-4-2-1-3-13(15)5-8-17-9-12-19/h1-4,14,17,19H,5-12,16H2. The maximum absolute atomic E-state index is 8.76. The summed E-state index contributed by atoms with van der Waals surface area (Å²) in [4.78, 5) is 2.45. The molecule has 0 bridgehead atoms. The molecule has 1 aliphatic rings. The van der Waals surface area contributed by atoms with Crippen LogP contribution in [-0.2, 0) is 6.42 Å². The van der Waals surface area contributed by atoms with Crippen molar-refractivity contribution in [3.63, 3.8) is 0 Å². The highest BCUT2D eigenvalue weighted by atomic mass is 16.3. The van der Waals surface area contributed by atoms with Crippen molar-refractivity contribution in [2.45, 2.75) is 25.3 Å². The van der Waals surface area contributed by atoms with Crippen LogP contribution >= 0.6 is 0 Å². The number of aliphatic hydroxyl groups is 1. The lowest BCUT2D eigenvalue weighted by Crippen LogP contribution is -2.40. The van der Waals surface area contributed by atoms with Crippen LogP contribution in [-0.4, -0.2) is 43.9 Å². The molecule has 19 heavy (non-hydrogen) atoms. The van der Waals surface area contributed by atoms with Crippen LogP contribution in [0.25, 0.3) is 0 Å². The van der Waals surface area contributed by atoms with E-state index < -0.39 is 0 Å². The van der Waals surface area contributed by atoms with Crippen LogP contribution in [0, 0.1) is 0 Å². The van der Waals surface area contributed by atoms with Gasteiger partial charge in [-0.05, 0) is 37.4 Å².